The lowest BCUT2D eigenvalue weighted by molar-refractivity contribution is -0.0228. The molecule has 0 bridgehead atoms. The molecule has 0 atom stereocenters. The summed E-state index contributed by atoms with van der Waals surface area (Å²) < 4.78 is 0. The van der Waals surface area contributed by atoms with Crippen molar-refractivity contribution in [1.82, 2.24) is 6.15 Å². The molecule has 0 rings (SSSR count). The van der Waals surface area contributed by atoms with Crippen molar-refractivity contribution in [3.8, 4) is 0 Å². The topological polar surface area (TPSA) is 107 Å². The van der Waals surface area contributed by atoms with Crippen molar-refractivity contribution >= 4 is 0 Å². The zero-order valence-electron chi connectivity index (χ0n) is 3.92. The highest BCUT2D eigenvalue weighted by molar-refractivity contribution is 4.02. The van der Waals surface area contributed by atoms with Gasteiger partial charge in [0.2, 0.25) is 0 Å². The van der Waals surface area contributed by atoms with Gasteiger partial charge in [0.1, 0.15) is 6.29 Å². The van der Waals surface area contributed by atoms with Crippen molar-refractivity contribution in [2.75, 3.05) is 0 Å². The van der Waals surface area contributed by atoms with Gasteiger partial charge < -0.3 is 21.8 Å². The highest BCUT2D eigenvalue weighted by Gasteiger charge is 1.70. The first-order chi connectivity index (χ1) is 1.73. The smallest absolute Gasteiger partial charge is 0.148 e. The van der Waals surface area contributed by atoms with Gasteiger partial charge in [0.25, 0.3) is 0 Å². The minimum atomic E-state index is -1.17. The molecule has 6 heavy (non-hydrogen) atoms. The molecule has 0 unspecified atom stereocenters. The van der Waals surface area contributed by atoms with Gasteiger partial charge in [-0.1, -0.05) is 0 Å². The fourth-order valence-electron chi connectivity index (χ4n) is 0. The molecule has 0 aromatic heterocycles. The van der Waals surface area contributed by atoms with Crippen LogP contribution in [-0.2, 0) is 0 Å². The Bertz CT molecular complexity index is 13.5. The lowest BCUT2D eigenvalue weighted by atomic mass is 10.8. The van der Waals surface area contributed by atoms with E-state index < -0.39 is 6.29 Å². The first-order valence-corrected chi connectivity index (χ1v) is 1.09. The fraction of sp³-hybridized carbons (Fsp3) is 1.00. The van der Waals surface area contributed by atoms with E-state index in [9.17, 15) is 0 Å². The zero-order valence-corrected chi connectivity index (χ0v) is 3.92. The van der Waals surface area contributed by atoms with Gasteiger partial charge in [-0.3, -0.25) is 0 Å². The summed E-state index contributed by atoms with van der Waals surface area (Å²) in [4.78, 5) is 0. The highest BCUT2D eigenvalue weighted by Crippen LogP contribution is 1.57. The average molecular weight is 97.1 g/mol. The van der Waals surface area contributed by atoms with E-state index in [1.165, 1.54) is 6.92 Å². The first kappa shape index (κ1) is 17.0. The van der Waals surface area contributed by atoms with E-state index in [1.54, 1.807) is 0 Å². The van der Waals surface area contributed by atoms with E-state index >= 15 is 0 Å². The van der Waals surface area contributed by atoms with E-state index in [-0.39, 0.29) is 11.6 Å². The molecule has 0 radical (unpaired) electrons. The quantitative estimate of drug-likeness (QED) is 0.355. The van der Waals surface area contributed by atoms with Crippen LogP contribution in [0.4, 0.5) is 0 Å². The number of hydrogen-bond acceptors (Lipinski definition) is 3. The molecule has 0 spiro atoms. The summed E-state index contributed by atoms with van der Waals surface area (Å²) in [7, 11) is 0. The molecule has 0 aliphatic heterocycles. The van der Waals surface area contributed by atoms with Crippen LogP contribution in [0, 0.1) is 0 Å². The molecule has 0 aromatic carbocycles. The summed E-state index contributed by atoms with van der Waals surface area (Å²) >= 11 is 0. The zero-order chi connectivity index (χ0) is 3.58. The summed E-state index contributed by atoms with van der Waals surface area (Å²) in [6.45, 7) is 1.28. The Labute approximate surface area is 36.3 Å². The van der Waals surface area contributed by atoms with Crippen molar-refractivity contribution in [3.63, 3.8) is 0 Å². The van der Waals surface area contributed by atoms with Crippen LogP contribution in [0.25, 0.3) is 0 Å². The maximum atomic E-state index is 7.61. The van der Waals surface area contributed by atoms with Crippen LogP contribution < -0.4 is 6.15 Å². The third-order valence-electron chi connectivity index (χ3n) is 0. The molecule has 7 N–H and O–H groups in total. The number of rotatable bonds is 0. The molecule has 0 saturated carbocycles. The molecular weight excluding hydrogens is 86.0 g/mol. The normalized spacial score (nSPS) is 6.00. The van der Waals surface area contributed by atoms with Crippen LogP contribution in [0.15, 0.2) is 0 Å². The van der Waals surface area contributed by atoms with E-state index in [0.29, 0.717) is 0 Å². The predicted octanol–water partition coefficient (Wildman–Crippen LogP) is -0.484. The van der Waals surface area contributed by atoms with Crippen molar-refractivity contribution < 1.29 is 15.7 Å². The van der Waals surface area contributed by atoms with Crippen LogP contribution >= 0.6 is 0 Å². The monoisotopic (exact) mass is 97.1 g/mol. The third kappa shape index (κ3) is 1210. The van der Waals surface area contributed by atoms with E-state index in [1.807, 2.05) is 0 Å². The molecule has 42 valence electrons. The summed E-state index contributed by atoms with van der Waals surface area (Å²) in [5.74, 6) is 0. The minimum Gasteiger partial charge on any atom is -0.870 e. The Balaban J connectivity index is -0.0000000450. The number of aliphatic hydroxyl groups excluding tert-OH is 1. The summed E-state index contributed by atoms with van der Waals surface area (Å²) in [6.07, 6.45) is -1.17. The number of hydrogen-bond donors (Lipinski definition) is 3. The van der Waals surface area contributed by atoms with Gasteiger partial charge in [-0.05, 0) is 6.92 Å². The summed E-state index contributed by atoms with van der Waals surface area (Å²) in [5.41, 5.74) is 0. The maximum absolute atomic E-state index is 7.61. The Hall–Kier alpha value is -0.160. The lowest BCUT2D eigenvalue weighted by Gasteiger charge is -1.80. The molecular formula is C2H11NO3. The molecule has 0 heterocycles. The third-order valence-corrected chi connectivity index (χ3v) is 0. The second kappa shape index (κ2) is 8.85. The Morgan fingerprint density at radius 1 is 1.33 bits per heavy atom. The second-order valence-corrected chi connectivity index (χ2v) is 0.632. The van der Waals surface area contributed by atoms with Crippen molar-refractivity contribution in [2.24, 2.45) is 0 Å². The highest BCUT2D eigenvalue weighted by atomic mass is 16.5. The molecule has 0 aromatic rings. The summed E-state index contributed by atoms with van der Waals surface area (Å²) in [6, 6.07) is 0. The molecule has 0 aliphatic carbocycles. The summed E-state index contributed by atoms with van der Waals surface area (Å²) in [5, 5.41) is 15.2. The van der Waals surface area contributed by atoms with Crippen LogP contribution in [0.2, 0.25) is 0 Å². The largest absolute Gasteiger partial charge is 0.870 e. The Morgan fingerprint density at radius 3 is 1.33 bits per heavy atom. The standard InChI is InChI=1S/C2H6O2.H3N.H2O/c1-2(3)4;;/h2-4H,1H3;1H3;1H2. The van der Waals surface area contributed by atoms with Crippen molar-refractivity contribution in [1.29, 1.82) is 0 Å². The van der Waals surface area contributed by atoms with Crippen LogP contribution in [0.1, 0.15) is 6.92 Å². The van der Waals surface area contributed by atoms with Crippen LogP contribution in [0.5, 0.6) is 0 Å². The van der Waals surface area contributed by atoms with Gasteiger partial charge in [-0.2, -0.15) is 0 Å². The van der Waals surface area contributed by atoms with Gasteiger partial charge in [0.15, 0.2) is 0 Å². The molecule has 4 nitrogen and oxygen atoms in total. The van der Waals surface area contributed by atoms with Crippen LogP contribution in [-0.4, -0.2) is 22.0 Å². The number of quaternary nitrogens is 1. The van der Waals surface area contributed by atoms with Crippen molar-refractivity contribution in [2.45, 2.75) is 13.2 Å². The first-order valence-electron chi connectivity index (χ1n) is 1.09. The fourth-order valence-corrected chi connectivity index (χ4v) is 0. The molecule has 0 amide bonds. The predicted molar refractivity (Wildman–Crippen MR) is 21.8 cm³/mol. The molecule has 4 heteroatoms. The van der Waals surface area contributed by atoms with E-state index in [2.05, 4.69) is 0 Å². The molecule has 0 aliphatic rings. The average Bonchev–Trinajstić information content (AvgIpc) is 0.811. The van der Waals surface area contributed by atoms with Gasteiger partial charge in [-0.15, -0.1) is 0 Å². The number of aliphatic hydroxyl groups is 2. The second-order valence-electron chi connectivity index (χ2n) is 0.632. The van der Waals surface area contributed by atoms with Gasteiger partial charge in [0.05, 0.1) is 0 Å². The SMILES string of the molecule is CC(O)O.[NH4+].[OH-]. The van der Waals surface area contributed by atoms with E-state index in [0.717, 1.165) is 0 Å². The lowest BCUT2D eigenvalue weighted by Crippen LogP contribution is -1.92. The molecule has 0 saturated heterocycles. The van der Waals surface area contributed by atoms with Crippen molar-refractivity contribution in [3.05, 3.63) is 0 Å². The van der Waals surface area contributed by atoms with Gasteiger partial charge in [0, 0.05) is 0 Å². The maximum Gasteiger partial charge on any atom is 0.148 e. The van der Waals surface area contributed by atoms with Gasteiger partial charge in [-0.25, -0.2) is 0 Å². The van der Waals surface area contributed by atoms with E-state index in [4.69, 9.17) is 10.2 Å². The minimum absolute atomic E-state index is 0. The Kier molecular flexibility index (Phi) is 25.0. The molecule has 0 fully saturated rings. The van der Waals surface area contributed by atoms with Gasteiger partial charge >= 0.3 is 0 Å². The van der Waals surface area contributed by atoms with Crippen LogP contribution in [0.3, 0.4) is 0 Å². The Morgan fingerprint density at radius 2 is 1.33 bits per heavy atom.